The molecule has 138 valence electrons. The van der Waals surface area contributed by atoms with Crippen LogP contribution in [-0.2, 0) is 4.79 Å². The fourth-order valence-electron chi connectivity index (χ4n) is 3.14. The van der Waals surface area contributed by atoms with E-state index in [1.54, 1.807) is 17.0 Å². The molecule has 1 fully saturated rings. The van der Waals surface area contributed by atoms with Crippen LogP contribution in [0.3, 0.4) is 0 Å². The Hall–Kier alpha value is -2.67. The highest BCUT2D eigenvalue weighted by Crippen LogP contribution is 2.13. The van der Waals surface area contributed by atoms with Crippen molar-refractivity contribution in [2.75, 3.05) is 38.0 Å². The molecule has 7 nitrogen and oxygen atoms in total. The lowest BCUT2D eigenvalue weighted by Gasteiger charge is -2.25. The van der Waals surface area contributed by atoms with Gasteiger partial charge in [-0.25, -0.2) is 0 Å². The number of anilines is 1. The zero-order valence-electron chi connectivity index (χ0n) is 15.0. The van der Waals surface area contributed by atoms with Crippen LogP contribution in [0.25, 0.3) is 0 Å². The van der Waals surface area contributed by atoms with E-state index in [1.807, 2.05) is 25.1 Å². The average Bonchev–Trinajstić information content (AvgIpc) is 3.32. The largest absolute Gasteiger partial charge is 0.363 e. The van der Waals surface area contributed by atoms with E-state index in [0.29, 0.717) is 17.9 Å². The van der Waals surface area contributed by atoms with Crippen molar-refractivity contribution in [2.45, 2.75) is 19.8 Å². The van der Waals surface area contributed by atoms with Crippen LogP contribution >= 0.6 is 0 Å². The van der Waals surface area contributed by atoms with Gasteiger partial charge in [0.2, 0.25) is 5.91 Å². The van der Waals surface area contributed by atoms with Crippen molar-refractivity contribution in [1.29, 1.82) is 0 Å². The molecule has 2 heterocycles. The van der Waals surface area contributed by atoms with Crippen LogP contribution in [0.2, 0.25) is 0 Å². The number of hydrogen-bond donors (Lipinski definition) is 1. The van der Waals surface area contributed by atoms with E-state index in [9.17, 15) is 9.59 Å². The molecule has 0 saturated carbocycles. The van der Waals surface area contributed by atoms with E-state index >= 15 is 0 Å². The number of nitrogens with zero attached hydrogens (tertiary/aromatic N) is 3. The minimum atomic E-state index is -0.290. The number of amides is 2. The maximum atomic E-state index is 13.0. The molecule has 0 spiro atoms. The Morgan fingerprint density at radius 1 is 1.23 bits per heavy atom. The van der Waals surface area contributed by atoms with Gasteiger partial charge in [-0.2, -0.15) is 0 Å². The van der Waals surface area contributed by atoms with Gasteiger partial charge in [0.15, 0.2) is 5.82 Å². The minimum absolute atomic E-state index is 0.0200. The van der Waals surface area contributed by atoms with Gasteiger partial charge in [-0.05, 0) is 44.5 Å². The Labute approximate surface area is 152 Å². The first-order valence-electron chi connectivity index (χ1n) is 8.91. The maximum Gasteiger partial charge on any atom is 0.254 e. The minimum Gasteiger partial charge on any atom is -0.363 e. The SMILES string of the molecule is Cc1ccccc1C(=O)N(CCN1CCCC1)CC(=O)Nc1ccon1. The number of nitrogens with one attached hydrogen (secondary N) is 1. The highest BCUT2D eigenvalue weighted by Gasteiger charge is 2.22. The van der Waals surface area contributed by atoms with Crippen LogP contribution in [0.1, 0.15) is 28.8 Å². The van der Waals surface area contributed by atoms with E-state index in [1.165, 1.54) is 19.1 Å². The normalized spacial score (nSPS) is 14.3. The fourth-order valence-corrected chi connectivity index (χ4v) is 3.14. The number of benzene rings is 1. The van der Waals surface area contributed by atoms with E-state index in [0.717, 1.165) is 25.2 Å². The number of aromatic nitrogens is 1. The molecule has 0 bridgehead atoms. The molecule has 1 saturated heterocycles. The Morgan fingerprint density at radius 2 is 2.00 bits per heavy atom. The molecule has 0 radical (unpaired) electrons. The summed E-state index contributed by atoms with van der Waals surface area (Å²) in [6.45, 7) is 5.28. The zero-order valence-corrected chi connectivity index (χ0v) is 15.0. The summed E-state index contributed by atoms with van der Waals surface area (Å²) >= 11 is 0. The summed E-state index contributed by atoms with van der Waals surface area (Å²) in [7, 11) is 0. The highest BCUT2D eigenvalue weighted by atomic mass is 16.5. The van der Waals surface area contributed by atoms with E-state index < -0.39 is 0 Å². The van der Waals surface area contributed by atoms with Crippen molar-refractivity contribution in [3.63, 3.8) is 0 Å². The molecule has 1 aromatic heterocycles. The standard InChI is InChI=1S/C19H24N4O3/c1-15-6-2-3-7-16(15)19(25)23(12-11-22-9-4-5-10-22)14-18(24)20-17-8-13-26-21-17/h2-3,6-8,13H,4-5,9-12,14H2,1H3,(H,20,21,24). The molecular formula is C19H24N4O3. The molecule has 0 atom stereocenters. The van der Waals surface area contributed by atoms with Crippen LogP contribution in [0, 0.1) is 6.92 Å². The molecule has 0 aliphatic carbocycles. The molecular weight excluding hydrogens is 332 g/mol. The van der Waals surface area contributed by atoms with Crippen molar-refractivity contribution < 1.29 is 14.1 Å². The second kappa shape index (κ2) is 8.62. The van der Waals surface area contributed by atoms with Gasteiger partial charge >= 0.3 is 0 Å². The summed E-state index contributed by atoms with van der Waals surface area (Å²) in [4.78, 5) is 29.3. The molecule has 2 amide bonds. The van der Waals surface area contributed by atoms with Gasteiger partial charge in [0.25, 0.3) is 5.91 Å². The molecule has 0 unspecified atom stereocenters. The van der Waals surface area contributed by atoms with Gasteiger partial charge in [0.1, 0.15) is 12.8 Å². The number of likely N-dealkylation sites (tertiary alicyclic amines) is 1. The average molecular weight is 356 g/mol. The summed E-state index contributed by atoms with van der Waals surface area (Å²) < 4.78 is 4.72. The third-order valence-corrected chi connectivity index (χ3v) is 4.59. The smallest absolute Gasteiger partial charge is 0.254 e. The molecule has 1 aliphatic rings. The first-order chi connectivity index (χ1) is 12.6. The van der Waals surface area contributed by atoms with Gasteiger partial charge in [0, 0.05) is 24.7 Å². The quantitative estimate of drug-likeness (QED) is 0.822. The molecule has 2 aromatic rings. The van der Waals surface area contributed by atoms with Crippen molar-refractivity contribution in [2.24, 2.45) is 0 Å². The van der Waals surface area contributed by atoms with Crippen LogP contribution in [0.15, 0.2) is 41.1 Å². The summed E-state index contributed by atoms with van der Waals surface area (Å²) in [5.74, 6) is -0.0716. The molecule has 7 heteroatoms. The maximum absolute atomic E-state index is 13.0. The Kier molecular flexibility index (Phi) is 6.01. The first kappa shape index (κ1) is 18.1. The number of hydrogen-bond acceptors (Lipinski definition) is 5. The van der Waals surface area contributed by atoms with Gasteiger partial charge in [-0.3, -0.25) is 9.59 Å². The third-order valence-electron chi connectivity index (χ3n) is 4.59. The fraction of sp³-hybridized carbons (Fsp3) is 0.421. The van der Waals surface area contributed by atoms with Crippen LogP contribution in [0.5, 0.6) is 0 Å². The molecule has 1 aromatic carbocycles. The second-order valence-electron chi connectivity index (χ2n) is 6.52. The molecule has 26 heavy (non-hydrogen) atoms. The predicted octanol–water partition coefficient (Wildman–Crippen LogP) is 2.16. The van der Waals surface area contributed by atoms with Gasteiger partial charge in [0.05, 0.1) is 0 Å². The summed E-state index contributed by atoms with van der Waals surface area (Å²) in [5, 5.41) is 6.32. The molecule has 3 rings (SSSR count). The van der Waals surface area contributed by atoms with Crippen LogP contribution in [0.4, 0.5) is 5.82 Å². The molecule has 1 aliphatic heterocycles. The highest BCUT2D eigenvalue weighted by molar-refractivity contribution is 5.99. The summed E-state index contributed by atoms with van der Waals surface area (Å²) in [6, 6.07) is 9.01. The summed E-state index contributed by atoms with van der Waals surface area (Å²) in [5.41, 5.74) is 1.53. The van der Waals surface area contributed by atoms with E-state index in [4.69, 9.17) is 4.52 Å². The zero-order chi connectivity index (χ0) is 18.4. The lowest BCUT2D eigenvalue weighted by atomic mass is 10.1. The number of aryl methyl sites for hydroxylation is 1. The van der Waals surface area contributed by atoms with Gasteiger partial charge < -0.3 is 19.6 Å². The van der Waals surface area contributed by atoms with Crippen LogP contribution in [-0.4, -0.2) is 59.5 Å². The summed E-state index contributed by atoms with van der Waals surface area (Å²) in [6.07, 6.45) is 3.77. The molecule has 1 N–H and O–H groups in total. The number of rotatable bonds is 7. The van der Waals surface area contributed by atoms with Gasteiger partial charge in [-0.15, -0.1) is 0 Å². The second-order valence-corrected chi connectivity index (χ2v) is 6.52. The lowest BCUT2D eigenvalue weighted by Crippen LogP contribution is -2.42. The number of carbonyl (C=O) groups is 2. The Balaban J connectivity index is 1.68. The lowest BCUT2D eigenvalue weighted by molar-refractivity contribution is -0.117. The number of carbonyl (C=O) groups excluding carboxylic acids is 2. The van der Waals surface area contributed by atoms with Crippen molar-refractivity contribution in [3.05, 3.63) is 47.7 Å². The topological polar surface area (TPSA) is 78.7 Å². The van der Waals surface area contributed by atoms with Crippen molar-refractivity contribution >= 4 is 17.6 Å². The van der Waals surface area contributed by atoms with Crippen LogP contribution < -0.4 is 5.32 Å². The monoisotopic (exact) mass is 356 g/mol. The Morgan fingerprint density at radius 3 is 2.69 bits per heavy atom. The van der Waals surface area contributed by atoms with Crippen molar-refractivity contribution in [1.82, 2.24) is 15.0 Å². The van der Waals surface area contributed by atoms with E-state index in [-0.39, 0.29) is 18.4 Å². The Bertz CT molecular complexity index is 739. The van der Waals surface area contributed by atoms with E-state index in [2.05, 4.69) is 15.4 Å². The predicted molar refractivity (Wildman–Crippen MR) is 97.9 cm³/mol. The van der Waals surface area contributed by atoms with Gasteiger partial charge in [-0.1, -0.05) is 23.4 Å². The van der Waals surface area contributed by atoms with Crippen molar-refractivity contribution in [3.8, 4) is 0 Å². The third kappa shape index (κ3) is 4.70. The first-order valence-corrected chi connectivity index (χ1v) is 8.91.